The fourth-order valence-electron chi connectivity index (χ4n) is 0.934. The molecule has 70 valence electrons. The van der Waals surface area contributed by atoms with Gasteiger partial charge in [0.05, 0.1) is 17.2 Å². The Hall–Kier alpha value is -0.415. The Morgan fingerprint density at radius 3 is 2.38 bits per heavy atom. The molecule has 0 atom stereocenters. The van der Waals surface area contributed by atoms with Crippen molar-refractivity contribution in [3.05, 3.63) is 22.2 Å². The second-order valence-corrected chi connectivity index (χ2v) is 3.14. The summed E-state index contributed by atoms with van der Waals surface area (Å²) in [5, 5.41) is 18.2. The lowest BCUT2D eigenvalue weighted by atomic mass is 9.80. The van der Waals surface area contributed by atoms with E-state index in [1.54, 1.807) is 0 Å². The van der Waals surface area contributed by atoms with Crippen LogP contribution in [-0.4, -0.2) is 24.3 Å². The largest absolute Gasteiger partial charge is 0.494 e. The zero-order valence-corrected chi connectivity index (χ0v) is 8.30. The van der Waals surface area contributed by atoms with Crippen molar-refractivity contribution in [2.24, 2.45) is 0 Å². The molecule has 0 aromatic heterocycles. The van der Waals surface area contributed by atoms with Gasteiger partial charge >= 0.3 is 7.12 Å². The van der Waals surface area contributed by atoms with E-state index in [0.29, 0.717) is 5.02 Å². The number of benzene rings is 1. The summed E-state index contributed by atoms with van der Waals surface area (Å²) >= 11 is 11.5. The van der Waals surface area contributed by atoms with Gasteiger partial charge < -0.3 is 14.8 Å². The second-order valence-electron chi connectivity index (χ2n) is 2.36. The van der Waals surface area contributed by atoms with Gasteiger partial charge in [-0.15, -0.1) is 0 Å². The number of hydrogen-bond acceptors (Lipinski definition) is 3. The van der Waals surface area contributed by atoms with Crippen LogP contribution in [0.4, 0.5) is 0 Å². The van der Waals surface area contributed by atoms with Crippen molar-refractivity contribution in [3.63, 3.8) is 0 Å². The van der Waals surface area contributed by atoms with E-state index in [-0.39, 0.29) is 16.2 Å². The minimum atomic E-state index is -1.63. The van der Waals surface area contributed by atoms with Gasteiger partial charge in [-0.1, -0.05) is 29.3 Å². The molecule has 0 spiro atoms. The summed E-state index contributed by atoms with van der Waals surface area (Å²) < 4.78 is 4.88. The van der Waals surface area contributed by atoms with Crippen LogP contribution in [0.1, 0.15) is 0 Å². The second kappa shape index (κ2) is 4.20. The Bertz CT molecular complexity index is 317. The van der Waals surface area contributed by atoms with E-state index in [9.17, 15) is 0 Å². The third-order valence-corrected chi connectivity index (χ3v) is 2.25. The molecule has 3 nitrogen and oxygen atoms in total. The van der Waals surface area contributed by atoms with Gasteiger partial charge in [0.15, 0.2) is 5.75 Å². The molecule has 0 amide bonds. The Labute approximate surface area is 86.0 Å². The molecule has 0 aliphatic rings. The molecule has 0 saturated carbocycles. The maximum atomic E-state index is 8.89. The first-order valence-electron chi connectivity index (χ1n) is 3.46. The van der Waals surface area contributed by atoms with E-state index >= 15 is 0 Å². The molecule has 0 saturated heterocycles. The number of halogens is 2. The quantitative estimate of drug-likeness (QED) is 0.721. The van der Waals surface area contributed by atoms with Crippen molar-refractivity contribution in [2.75, 3.05) is 7.11 Å². The van der Waals surface area contributed by atoms with Gasteiger partial charge in [-0.25, -0.2) is 0 Å². The van der Waals surface area contributed by atoms with Crippen LogP contribution in [0.5, 0.6) is 5.75 Å². The number of ether oxygens (including phenoxy) is 1. The summed E-state index contributed by atoms with van der Waals surface area (Å²) in [6, 6.07) is 2.92. The minimum absolute atomic E-state index is 0.116. The standard InChI is InChI=1S/C7H7BCl2O3/c1-13-7-5(9)3-2-4(6(7)10)8(11)12/h2-3,11-12H,1H3. The lowest BCUT2D eigenvalue weighted by Crippen LogP contribution is -2.30. The molecule has 0 heterocycles. The summed E-state index contributed by atoms with van der Waals surface area (Å²) in [5.41, 5.74) is 0.169. The fraction of sp³-hybridized carbons (Fsp3) is 0.143. The summed E-state index contributed by atoms with van der Waals surface area (Å²) in [5.74, 6) is 0.244. The van der Waals surface area contributed by atoms with Crippen LogP contribution in [0, 0.1) is 0 Å². The van der Waals surface area contributed by atoms with Crippen LogP contribution < -0.4 is 10.2 Å². The van der Waals surface area contributed by atoms with Crippen molar-refractivity contribution < 1.29 is 14.8 Å². The molecule has 0 radical (unpaired) electrons. The molecule has 0 bridgehead atoms. The average molecular weight is 221 g/mol. The number of hydrogen-bond donors (Lipinski definition) is 2. The maximum Gasteiger partial charge on any atom is 0.490 e. The molecule has 2 N–H and O–H groups in total. The van der Waals surface area contributed by atoms with Crippen molar-refractivity contribution in [2.45, 2.75) is 0 Å². The topological polar surface area (TPSA) is 49.7 Å². The summed E-state index contributed by atoms with van der Waals surface area (Å²) in [4.78, 5) is 0. The van der Waals surface area contributed by atoms with E-state index in [1.807, 2.05) is 0 Å². The summed E-state index contributed by atoms with van der Waals surface area (Å²) in [6.07, 6.45) is 0. The first-order chi connectivity index (χ1) is 6.07. The highest BCUT2D eigenvalue weighted by Gasteiger charge is 2.19. The van der Waals surface area contributed by atoms with Crippen molar-refractivity contribution in [3.8, 4) is 5.75 Å². The predicted octanol–water partition coefficient (Wildman–Crippen LogP) is 0.682. The Kier molecular flexibility index (Phi) is 3.44. The Morgan fingerprint density at radius 2 is 1.92 bits per heavy atom. The predicted molar refractivity (Wildman–Crippen MR) is 52.8 cm³/mol. The highest BCUT2D eigenvalue weighted by Crippen LogP contribution is 2.30. The smallest absolute Gasteiger partial charge is 0.490 e. The van der Waals surface area contributed by atoms with Crippen LogP contribution in [0.25, 0.3) is 0 Å². The van der Waals surface area contributed by atoms with Crippen LogP contribution in [0.3, 0.4) is 0 Å². The fourth-order valence-corrected chi connectivity index (χ4v) is 1.56. The van der Waals surface area contributed by atoms with Gasteiger partial charge in [-0.2, -0.15) is 0 Å². The van der Waals surface area contributed by atoms with Crippen LogP contribution in [0.15, 0.2) is 12.1 Å². The highest BCUT2D eigenvalue weighted by atomic mass is 35.5. The van der Waals surface area contributed by atoms with E-state index in [2.05, 4.69) is 0 Å². The molecular weight excluding hydrogens is 214 g/mol. The van der Waals surface area contributed by atoms with Crippen LogP contribution in [-0.2, 0) is 0 Å². The van der Waals surface area contributed by atoms with Gasteiger partial charge in [-0.3, -0.25) is 0 Å². The SMILES string of the molecule is COc1c(Cl)ccc(B(O)O)c1Cl. The third kappa shape index (κ3) is 2.09. The Morgan fingerprint density at radius 1 is 1.31 bits per heavy atom. The van der Waals surface area contributed by atoms with Crippen molar-refractivity contribution in [1.82, 2.24) is 0 Å². The lowest BCUT2D eigenvalue weighted by molar-refractivity contribution is 0.412. The van der Waals surface area contributed by atoms with Gasteiger partial charge in [0.2, 0.25) is 0 Å². The van der Waals surface area contributed by atoms with Crippen LogP contribution >= 0.6 is 23.2 Å². The van der Waals surface area contributed by atoms with Gasteiger partial charge in [0, 0.05) is 5.46 Å². The Balaban J connectivity index is 3.27. The van der Waals surface area contributed by atoms with Crippen LogP contribution in [0.2, 0.25) is 10.0 Å². The van der Waals surface area contributed by atoms with E-state index in [1.165, 1.54) is 19.2 Å². The third-order valence-electron chi connectivity index (χ3n) is 1.56. The van der Waals surface area contributed by atoms with Gasteiger partial charge in [0.25, 0.3) is 0 Å². The number of rotatable bonds is 2. The zero-order chi connectivity index (χ0) is 10.0. The molecule has 1 rings (SSSR count). The van der Waals surface area contributed by atoms with E-state index in [0.717, 1.165) is 0 Å². The van der Waals surface area contributed by atoms with Gasteiger partial charge in [-0.05, 0) is 6.07 Å². The van der Waals surface area contributed by atoms with Crippen molar-refractivity contribution in [1.29, 1.82) is 0 Å². The molecular formula is C7H7BCl2O3. The van der Waals surface area contributed by atoms with Gasteiger partial charge in [0.1, 0.15) is 0 Å². The molecule has 0 fully saturated rings. The molecule has 0 aliphatic carbocycles. The monoisotopic (exact) mass is 220 g/mol. The molecule has 0 unspecified atom stereocenters. The summed E-state index contributed by atoms with van der Waals surface area (Å²) in [6.45, 7) is 0. The van der Waals surface area contributed by atoms with E-state index in [4.69, 9.17) is 38.0 Å². The highest BCUT2D eigenvalue weighted by molar-refractivity contribution is 6.63. The zero-order valence-electron chi connectivity index (χ0n) is 6.79. The molecule has 1 aromatic rings. The first-order valence-corrected chi connectivity index (χ1v) is 4.21. The minimum Gasteiger partial charge on any atom is -0.494 e. The molecule has 1 aromatic carbocycles. The van der Waals surface area contributed by atoms with Crippen molar-refractivity contribution >= 4 is 35.8 Å². The summed E-state index contributed by atoms with van der Waals surface area (Å²) in [7, 11) is -0.223. The molecule has 13 heavy (non-hydrogen) atoms. The van der Waals surface area contributed by atoms with E-state index < -0.39 is 7.12 Å². The normalized spacial score (nSPS) is 9.92. The lowest BCUT2D eigenvalue weighted by Gasteiger charge is -2.09. The molecule has 6 heteroatoms. The average Bonchev–Trinajstić information content (AvgIpc) is 2.04. The number of methoxy groups -OCH3 is 1. The first kappa shape index (κ1) is 10.7. The molecule has 0 aliphatic heterocycles. The maximum absolute atomic E-state index is 8.89.